The zero-order chi connectivity index (χ0) is 26.8. The van der Waals surface area contributed by atoms with E-state index in [-0.39, 0.29) is 43.9 Å². The first-order chi connectivity index (χ1) is 16.7. The van der Waals surface area contributed by atoms with Gasteiger partial charge in [-0.1, -0.05) is 78.0 Å². The number of nitrogens with one attached hydrogen (secondary N) is 1. The number of alkyl halides is 1. The maximum Gasteiger partial charge on any atom is 0.335 e. The van der Waals surface area contributed by atoms with Crippen LogP contribution in [0.4, 0.5) is 0 Å². The number of aromatic nitrogens is 2. The van der Waals surface area contributed by atoms with Crippen molar-refractivity contribution in [2.24, 2.45) is 0 Å². The Bertz CT molecular complexity index is 1070. The number of aryl methyl sites for hydroxylation is 1. The van der Waals surface area contributed by atoms with Gasteiger partial charge in [-0.15, -0.1) is 0 Å². The van der Waals surface area contributed by atoms with Crippen molar-refractivity contribution in [3.63, 3.8) is 0 Å². The van der Waals surface area contributed by atoms with Crippen molar-refractivity contribution >= 4 is 39.7 Å². The highest BCUT2D eigenvalue weighted by atomic mass is 127. The minimum absolute atomic E-state index is 0.157. The molecule has 2 saturated heterocycles. The molecule has 0 aromatic carbocycles. The molecular formula is C25H43IN2O6Si2. The SMILES string of the molecule is Cc1cn([C@@H]2O[C@@]34CCC[C@@H]3O[Si](C(C)C)(C(C)C)O[Si](C(C)C)(C(C)C)O[C@H]4[C@H]2I)c(=O)[nH]c1=O. The molecule has 1 aromatic heterocycles. The molecule has 0 radical (unpaired) electrons. The van der Waals surface area contributed by atoms with E-state index in [4.69, 9.17) is 17.7 Å². The van der Waals surface area contributed by atoms with Crippen molar-refractivity contribution in [3.05, 3.63) is 32.6 Å². The number of ether oxygens (including phenoxy) is 1. The van der Waals surface area contributed by atoms with E-state index in [0.717, 1.165) is 19.3 Å². The fourth-order valence-electron chi connectivity index (χ4n) is 6.58. The summed E-state index contributed by atoms with van der Waals surface area (Å²) in [6, 6.07) is 0. The van der Waals surface area contributed by atoms with E-state index in [1.807, 2.05) is 0 Å². The molecule has 1 aliphatic carbocycles. The Morgan fingerprint density at radius 3 is 2.11 bits per heavy atom. The lowest BCUT2D eigenvalue weighted by molar-refractivity contribution is -0.155. The molecule has 36 heavy (non-hydrogen) atoms. The second-order valence-corrected chi connectivity index (χ2v) is 22.3. The van der Waals surface area contributed by atoms with E-state index in [1.54, 1.807) is 13.1 Å². The Morgan fingerprint density at radius 2 is 1.56 bits per heavy atom. The minimum atomic E-state index is -2.83. The van der Waals surface area contributed by atoms with Gasteiger partial charge >= 0.3 is 22.8 Å². The summed E-state index contributed by atoms with van der Waals surface area (Å²) in [6.07, 6.45) is 3.28. The van der Waals surface area contributed by atoms with Crippen LogP contribution in [-0.4, -0.2) is 48.4 Å². The van der Waals surface area contributed by atoms with Crippen LogP contribution in [-0.2, 0) is 17.7 Å². The van der Waals surface area contributed by atoms with Gasteiger partial charge in [-0.2, -0.15) is 0 Å². The lowest BCUT2D eigenvalue weighted by atomic mass is 9.93. The summed E-state index contributed by atoms with van der Waals surface area (Å²) in [5.41, 5.74) is -0.0970. The molecule has 5 atom stereocenters. The van der Waals surface area contributed by atoms with Crippen molar-refractivity contribution in [3.8, 4) is 0 Å². The number of H-pyrrole nitrogens is 1. The van der Waals surface area contributed by atoms with E-state index in [9.17, 15) is 9.59 Å². The summed E-state index contributed by atoms with van der Waals surface area (Å²) < 4.78 is 30.5. The summed E-state index contributed by atoms with van der Waals surface area (Å²) in [4.78, 5) is 27.5. The van der Waals surface area contributed by atoms with Gasteiger partial charge in [-0.05, 0) is 48.4 Å². The van der Waals surface area contributed by atoms with Gasteiger partial charge in [-0.25, -0.2) is 4.79 Å². The van der Waals surface area contributed by atoms with Crippen LogP contribution in [0.3, 0.4) is 0 Å². The third-order valence-electron chi connectivity index (χ3n) is 8.56. The lowest BCUT2D eigenvalue weighted by Gasteiger charge is -2.55. The molecule has 2 aliphatic heterocycles. The molecule has 8 nitrogen and oxygen atoms in total. The van der Waals surface area contributed by atoms with Gasteiger partial charge in [0.2, 0.25) is 0 Å². The average Bonchev–Trinajstić information content (AvgIpc) is 3.28. The monoisotopic (exact) mass is 650 g/mol. The first kappa shape index (κ1) is 28.7. The molecule has 3 aliphatic rings. The number of hydrogen-bond acceptors (Lipinski definition) is 6. The summed E-state index contributed by atoms with van der Waals surface area (Å²) in [7, 11) is -5.58. The maximum absolute atomic E-state index is 12.9. The zero-order valence-corrected chi connectivity index (χ0v) is 27.2. The fraction of sp³-hybridized carbons (Fsp3) is 0.840. The summed E-state index contributed by atoms with van der Waals surface area (Å²) >= 11 is 2.39. The molecule has 1 saturated carbocycles. The third-order valence-corrected chi connectivity index (χ3v) is 20.1. The van der Waals surface area contributed by atoms with E-state index in [0.29, 0.717) is 5.56 Å². The Kier molecular flexibility index (Phi) is 7.98. The topological polar surface area (TPSA) is 91.8 Å². The van der Waals surface area contributed by atoms with Gasteiger partial charge in [0.05, 0.1) is 16.1 Å². The Labute approximate surface area is 230 Å². The molecule has 11 heteroatoms. The Hall–Kier alpha value is -0.316. The molecule has 3 fully saturated rings. The van der Waals surface area contributed by atoms with Crippen molar-refractivity contribution in [1.29, 1.82) is 0 Å². The van der Waals surface area contributed by atoms with Crippen LogP contribution in [0.15, 0.2) is 15.8 Å². The van der Waals surface area contributed by atoms with Gasteiger partial charge < -0.3 is 17.7 Å². The van der Waals surface area contributed by atoms with Crippen LogP contribution in [0.5, 0.6) is 0 Å². The number of hydrogen-bond donors (Lipinski definition) is 1. The Morgan fingerprint density at radius 1 is 1.00 bits per heavy atom. The van der Waals surface area contributed by atoms with Gasteiger partial charge in [0, 0.05) is 11.8 Å². The summed E-state index contributed by atoms with van der Waals surface area (Å²) in [5, 5.41) is 0. The standard InChI is InChI=1S/C25H43IN2O6Si2/c1-14(2)35(15(3)4)32-19-11-10-12-25(19)21(33-36(34-35,16(5)6)17(7)8)20(26)23(31-25)28-13-18(9)22(29)27-24(28)30/h13-17,19-21,23H,10-12H2,1-9H3,(H,27,29,30)/t19-,20+,21-,23+,25-/m0/s1. The summed E-state index contributed by atoms with van der Waals surface area (Å²) in [6.45, 7) is 19.5. The number of nitrogens with zero attached hydrogens (tertiary/aromatic N) is 1. The molecule has 0 amide bonds. The minimum Gasteiger partial charge on any atom is -0.414 e. The maximum atomic E-state index is 12.9. The third kappa shape index (κ3) is 4.28. The Balaban J connectivity index is 1.91. The van der Waals surface area contributed by atoms with Crippen molar-refractivity contribution in [2.75, 3.05) is 0 Å². The molecule has 1 N–H and O–H groups in total. The molecule has 1 aromatic rings. The highest BCUT2D eigenvalue weighted by molar-refractivity contribution is 14.1. The normalized spacial score (nSPS) is 33.7. The van der Waals surface area contributed by atoms with E-state index in [2.05, 4.69) is 83.0 Å². The predicted molar refractivity (Wildman–Crippen MR) is 153 cm³/mol. The molecule has 0 unspecified atom stereocenters. The van der Waals surface area contributed by atoms with E-state index >= 15 is 0 Å². The highest BCUT2D eigenvalue weighted by Gasteiger charge is 2.69. The predicted octanol–water partition coefficient (Wildman–Crippen LogP) is 5.43. The summed E-state index contributed by atoms with van der Waals surface area (Å²) in [5.74, 6) is 0. The molecular weight excluding hydrogens is 607 g/mol. The molecule has 1 spiro atoms. The second-order valence-electron chi connectivity index (χ2n) is 12.1. The fourth-order valence-corrected chi connectivity index (χ4v) is 19.5. The van der Waals surface area contributed by atoms with Crippen LogP contribution in [0, 0.1) is 6.92 Å². The number of aromatic amines is 1. The average molecular weight is 651 g/mol. The van der Waals surface area contributed by atoms with Crippen molar-refractivity contribution in [2.45, 2.75) is 132 Å². The van der Waals surface area contributed by atoms with E-state index < -0.39 is 34.6 Å². The van der Waals surface area contributed by atoms with Crippen LogP contribution >= 0.6 is 22.6 Å². The van der Waals surface area contributed by atoms with Gasteiger partial charge in [0.25, 0.3) is 5.56 Å². The second kappa shape index (κ2) is 10.0. The van der Waals surface area contributed by atoms with Crippen molar-refractivity contribution < 1.29 is 17.7 Å². The first-order valence-electron chi connectivity index (χ1n) is 13.4. The van der Waals surface area contributed by atoms with Crippen LogP contribution in [0.2, 0.25) is 22.2 Å². The zero-order valence-electron chi connectivity index (χ0n) is 23.1. The van der Waals surface area contributed by atoms with Crippen LogP contribution in [0.1, 0.15) is 86.4 Å². The van der Waals surface area contributed by atoms with Gasteiger partial charge in [0.1, 0.15) is 5.60 Å². The molecule has 0 bridgehead atoms. The smallest absolute Gasteiger partial charge is 0.335 e. The van der Waals surface area contributed by atoms with E-state index in [1.165, 1.54) is 4.57 Å². The highest BCUT2D eigenvalue weighted by Crippen LogP contribution is 2.58. The molecule has 3 heterocycles. The van der Waals surface area contributed by atoms with Crippen LogP contribution in [0.25, 0.3) is 0 Å². The lowest BCUT2D eigenvalue weighted by Crippen LogP contribution is -2.69. The van der Waals surface area contributed by atoms with Crippen molar-refractivity contribution in [1.82, 2.24) is 9.55 Å². The molecule has 204 valence electrons. The van der Waals surface area contributed by atoms with Gasteiger partial charge in [-0.3, -0.25) is 14.3 Å². The van der Waals surface area contributed by atoms with Crippen LogP contribution < -0.4 is 11.2 Å². The molecule has 4 rings (SSSR count). The number of halogens is 1. The largest absolute Gasteiger partial charge is 0.414 e. The number of rotatable bonds is 5. The quantitative estimate of drug-likeness (QED) is 0.260. The van der Waals surface area contributed by atoms with Gasteiger partial charge in [0.15, 0.2) is 6.23 Å². The first-order valence-corrected chi connectivity index (χ1v) is 18.6.